The summed E-state index contributed by atoms with van der Waals surface area (Å²) in [6.45, 7) is 0. The number of oxime groups is 1. The molecule has 1 heterocycles. The van der Waals surface area contributed by atoms with E-state index in [2.05, 4.69) is 17.3 Å². The third-order valence-electron chi connectivity index (χ3n) is 2.90. The highest BCUT2D eigenvalue weighted by atomic mass is 16.4. The highest BCUT2D eigenvalue weighted by molar-refractivity contribution is 6.26. The quantitative estimate of drug-likeness (QED) is 0.521. The van der Waals surface area contributed by atoms with Gasteiger partial charge in [0, 0.05) is 18.0 Å². The maximum Gasteiger partial charge on any atom is 0.180 e. The molecular weight excluding hydrogens is 188 g/mol. The van der Waals surface area contributed by atoms with Crippen molar-refractivity contribution in [2.24, 2.45) is 5.16 Å². The monoisotopic (exact) mass is 198 g/mol. The van der Waals surface area contributed by atoms with E-state index in [4.69, 9.17) is 5.21 Å². The molecule has 1 N–H and O–H groups in total. The van der Waals surface area contributed by atoms with Crippen LogP contribution in [0.3, 0.4) is 0 Å². The molecule has 1 aliphatic heterocycles. The van der Waals surface area contributed by atoms with Gasteiger partial charge in [0.1, 0.15) is 0 Å². The highest BCUT2D eigenvalue weighted by Gasteiger charge is 2.24. The first-order chi connectivity index (χ1) is 7.33. The standard InChI is InChI=1S/C12H10N2O/c1-14-10-7-3-5-8-4-2-6-9(11(8)10)12(14)13-15/h2-7,15H,1H3/b13-12+. The molecule has 2 aromatic rings. The van der Waals surface area contributed by atoms with Crippen LogP contribution >= 0.6 is 0 Å². The predicted molar refractivity (Wildman–Crippen MR) is 60.7 cm³/mol. The summed E-state index contributed by atoms with van der Waals surface area (Å²) in [7, 11) is 1.91. The van der Waals surface area contributed by atoms with E-state index in [1.54, 1.807) is 0 Å². The topological polar surface area (TPSA) is 35.8 Å². The van der Waals surface area contributed by atoms with Gasteiger partial charge in [0.2, 0.25) is 0 Å². The molecule has 0 unspecified atom stereocenters. The number of hydrogen-bond acceptors (Lipinski definition) is 2. The first-order valence-corrected chi connectivity index (χ1v) is 4.81. The molecule has 0 atom stereocenters. The fourth-order valence-electron chi connectivity index (χ4n) is 2.20. The zero-order valence-corrected chi connectivity index (χ0v) is 8.31. The Morgan fingerprint density at radius 3 is 2.60 bits per heavy atom. The fraction of sp³-hybridized carbons (Fsp3) is 0.0833. The van der Waals surface area contributed by atoms with E-state index in [1.165, 1.54) is 5.39 Å². The molecule has 0 saturated carbocycles. The van der Waals surface area contributed by atoms with E-state index < -0.39 is 0 Å². The Labute approximate surface area is 87.2 Å². The van der Waals surface area contributed by atoms with E-state index >= 15 is 0 Å². The van der Waals surface area contributed by atoms with Crippen LogP contribution in [-0.4, -0.2) is 18.1 Å². The van der Waals surface area contributed by atoms with Gasteiger partial charge in [-0.15, -0.1) is 0 Å². The third kappa shape index (κ3) is 0.920. The molecule has 0 aromatic heterocycles. The summed E-state index contributed by atoms with van der Waals surface area (Å²) < 4.78 is 0. The van der Waals surface area contributed by atoms with E-state index in [0.29, 0.717) is 5.84 Å². The molecule has 0 fully saturated rings. The predicted octanol–water partition coefficient (Wildman–Crippen LogP) is 2.43. The summed E-state index contributed by atoms with van der Waals surface area (Å²) >= 11 is 0. The molecular formula is C12H10N2O. The van der Waals surface area contributed by atoms with Crippen LogP contribution in [0.1, 0.15) is 5.56 Å². The zero-order valence-electron chi connectivity index (χ0n) is 8.31. The van der Waals surface area contributed by atoms with Crippen LogP contribution in [0.5, 0.6) is 0 Å². The average Bonchev–Trinajstić information content (AvgIpc) is 2.55. The lowest BCUT2D eigenvalue weighted by atomic mass is 10.1. The summed E-state index contributed by atoms with van der Waals surface area (Å²) in [6.07, 6.45) is 0. The minimum Gasteiger partial charge on any atom is -0.409 e. The van der Waals surface area contributed by atoms with Crippen molar-refractivity contribution in [1.29, 1.82) is 0 Å². The first kappa shape index (κ1) is 8.29. The number of amidine groups is 1. The summed E-state index contributed by atoms with van der Waals surface area (Å²) in [4.78, 5) is 1.90. The molecule has 3 nitrogen and oxygen atoms in total. The minimum atomic E-state index is 0.613. The lowest BCUT2D eigenvalue weighted by Crippen LogP contribution is -2.21. The number of nitrogens with zero attached hydrogens (tertiary/aromatic N) is 2. The van der Waals surface area contributed by atoms with Gasteiger partial charge in [-0.3, -0.25) is 0 Å². The van der Waals surface area contributed by atoms with Crippen LogP contribution in [0.2, 0.25) is 0 Å². The van der Waals surface area contributed by atoms with Gasteiger partial charge >= 0.3 is 0 Å². The summed E-state index contributed by atoms with van der Waals surface area (Å²) in [6, 6.07) is 12.1. The fourth-order valence-corrected chi connectivity index (χ4v) is 2.20. The SMILES string of the molecule is CN1/C(=N/O)c2cccc3cccc1c23. The Hall–Kier alpha value is -2.03. The van der Waals surface area contributed by atoms with Gasteiger partial charge in [0.25, 0.3) is 0 Å². The van der Waals surface area contributed by atoms with Crippen molar-refractivity contribution in [2.75, 3.05) is 11.9 Å². The molecule has 2 aromatic carbocycles. The number of anilines is 1. The largest absolute Gasteiger partial charge is 0.409 e. The van der Waals surface area contributed by atoms with Crippen molar-refractivity contribution in [3.05, 3.63) is 42.0 Å². The lowest BCUT2D eigenvalue weighted by molar-refractivity contribution is 0.318. The second-order valence-electron chi connectivity index (χ2n) is 3.66. The van der Waals surface area contributed by atoms with Crippen molar-refractivity contribution in [1.82, 2.24) is 0 Å². The minimum absolute atomic E-state index is 0.613. The van der Waals surface area contributed by atoms with Crippen LogP contribution in [0.4, 0.5) is 5.69 Å². The summed E-state index contributed by atoms with van der Waals surface area (Å²) in [5, 5.41) is 14.7. The molecule has 1 aliphatic rings. The number of hydrogen-bond donors (Lipinski definition) is 1. The summed E-state index contributed by atoms with van der Waals surface area (Å²) in [5.74, 6) is 0.613. The molecule has 3 heteroatoms. The molecule has 0 bridgehead atoms. The van der Waals surface area contributed by atoms with Crippen LogP contribution < -0.4 is 4.90 Å². The molecule has 15 heavy (non-hydrogen) atoms. The van der Waals surface area contributed by atoms with Gasteiger partial charge in [-0.25, -0.2) is 0 Å². The maximum absolute atomic E-state index is 9.01. The number of benzene rings is 2. The van der Waals surface area contributed by atoms with Crippen LogP contribution in [0.25, 0.3) is 10.8 Å². The van der Waals surface area contributed by atoms with Gasteiger partial charge < -0.3 is 10.1 Å². The highest BCUT2D eigenvalue weighted by Crippen LogP contribution is 2.36. The second-order valence-corrected chi connectivity index (χ2v) is 3.66. The molecule has 0 spiro atoms. The van der Waals surface area contributed by atoms with Gasteiger partial charge in [-0.1, -0.05) is 35.5 Å². The van der Waals surface area contributed by atoms with Crippen LogP contribution in [0, 0.1) is 0 Å². The van der Waals surface area contributed by atoms with Crippen molar-refractivity contribution < 1.29 is 5.21 Å². The van der Waals surface area contributed by atoms with E-state index in [1.807, 2.05) is 36.2 Å². The van der Waals surface area contributed by atoms with Crippen molar-refractivity contribution in [2.45, 2.75) is 0 Å². The van der Waals surface area contributed by atoms with Gasteiger partial charge in [-0.05, 0) is 11.5 Å². The van der Waals surface area contributed by atoms with Gasteiger partial charge in [0.05, 0.1) is 5.69 Å². The second kappa shape index (κ2) is 2.73. The Morgan fingerprint density at radius 1 is 1.13 bits per heavy atom. The zero-order chi connectivity index (χ0) is 10.4. The van der Waals surface area contributed by atoms with Gasteiger partial charge in [-0.2, -0.15) is 0 Å². The third-order valence-corrected chi connectivity index (χ3v) is 2.90. The van der Waals surface area contributed by atoms with Crippen LogP contribution in [-0.2, 0) is 0 Å². The smallest absolute Gasteiger partial charge is 0.180 e. The molecule has 0 radical (unpaired) electrons. The molecule has 3 rings (SSSR count). The number of rotatable bonds is 0. The van der Waals surface area contributed by atoms with Crippen molar-refractivity contribution >= 4 is 22.3 Å². The normalized spacial score (nSPS) is 16.6. The van der Waals surface area contributed by atoms with E-state index in [-0.39, 0.29) is 0 Å². The Bertz CT molecular complexity index is 570. The van der Waals surface area contributed by atoms with Crippen molar-refractivity contribution in [3.63, 3.8) is 0 Å². The van der Waals surface area contributed by atoms with Crippen LogP contribution in [0.15, 0.2) is 41.6 Å². The maximum atomic E-state index is 9.01. The Kier molecular flexibility index (Phi) is 1.51. The van der Waals surface area contributed by atoms with E-state index in [0.717, 1.165) is 16.6 Å². The lowest BCUT2D eigenvalue weighted by Gasteiger charge is -2.11. The molecule has 0 saturated heterocycles. The van der Waals surface area contributed by atoms with Crippen molar-refractivity contribution in [3.8, 4) is 0 Å². The Balaban J connectivity index is 2.50. The average molecular weight is 198 g/mol. The Morgan fingerprint density at radius 2 is 1.87 bits per heavy atom. The molecule has 0 amide bonds. The van der Waals surface area contributed by atoms with Gasteiger partial charge in [0.15, 0.2) is 5.84 Å². The summed E-state index contributed by atoms with van der Waals surface area (Å²) in [5.41, 5.74) is 2.09. The molecule has 0 aliphatic carbocycles. The van der Waals surface area contributed by atoms with E-state index in [9.17, 15) is 0 Å². The first-order valence-electron chi connectivity index (χ1n) is 4.81. The molecule has 74 valence electrons.